The lowest BCUT2D eigenvalue weighted by atomic mass is 10.1. The molecule has 1 aromatic heterocycles. The van der Waals surface area contributed by atoms with Gasteiger partial charge in [0.2, 0.25) is 0 Å². The van der Waals surface area contributed by atoms with Crippen molar-refractivity contribution < 1.29 is 27.6 Å². The Morgan fingerprint density at radius 1 is 1.15 bits per heavy atom. The second-order valence-corrected chi connectivity index (χ2v) is 5.62. The second-order valence-electron chi connectivity index (χ2n) is 5.62. The molecule has 0 aliphatic carbocycles. The van der Waals surface area contributed by atoms with Crippen LogP contribution in [0.1, 0.15) is 31.1 Å². The summed E-state index contributed by atoms with van der Waals surface area (Å²) in [5, 5.41) is 3.72. The third kappa shape index (κ3) is 3.38. The summed E-state index contributed by atoms with van der Waals surface area (Å²) in [6.07, 6.45) is -4.57. The van der Waals surface area contributed by atoms with Gasteiger partial charge in [0.05, 0.1) is 16.8 Å². The second kappa shape index (κ2) is 6.27. The van der Waals surface area contributed by atoms with Crippen molar-refractivity contribution in [3.8, 4) is 5.69 Å². The molecule has 0 saturated carbocycles. The van der Waals surface area contributed by atoms with Crippen LogP contribution in [-0.4, -0.2) is 35.0 Å². The monoisotopic (exact) mass is 380 g/mol. The molecule has 0 fully saturated rings. The zero-order chi connectivity index (χ0) is 19.9. The number of nitrogens with one attached hydrogen (secondary N) is 2. The first-order valence-corrected chi connectivity index (χ1v) is 7.45. The summed E-state index contributed by atoms with van der Waals surface area (Å²) in [7, 11) is 0. The SMILES string of the molecule is Nc1c2c(cc(=O)n1-c1cccc(C(=O)NCC(F)(F)F)c1)C(=O)NC2=O. The Morgan fingerprint density at radius 3 is 2.52 bits per heavy atom. The molecule has 1 aliphatic heterocycles. The number of alkyl halides is 3. The number of halogens is 3. The first-order valence-electron chi connectivity index (χ1n) is 7.45. The summed E-state index contributed by atoms with van der Waals surface area (Å²) in [5.41, 5.74) is 4.66. The van der Waals surface area contributed by atoms with Crippen molar-refractivity contribution >= 4 is 23.5 Å². The molecule has 0 bridgehead atoms. The van der Waals surface area contributed by atoms with E-state index in [0.29, 0.717) is 0 Å². The number of carbonyl (C=O) groups excluding carboxylic acids is 3. The Balaban J connectivity index is 2.03. The summed E-state index contributed by atoms with van der Waals surface area (Å²) in [6, 6.07) is 6.02. The van der Waals surface area contributed by atoms with Crippen LogP contribution in [0.5, 0.6) is 0 Å². The number of nitrogens with two attached hydrogens (primary N) is 1. The molecule has 0 saturated heterocycles. The van der Waals surface area contributed by atoms with E-state index in [9.17, 15) is 32.3 Å². The molecule has 140 valence electrons. The van der Waals surface area contributed by atoms with Crippen LogP contribution in [0.25, 0.3) is 5.69 Å². The fraction of sp³-hybridized carbons (Fsp3) is 0.125. The first-order chi connectivity index (χ1) is 12.6. The van der Waals surface area contributed by atoms with Crippen molar-refractivity contribution in [3.05, 3.63) is 57.4 Å². The number of rotatable bonds is 3. The third-order valence-corrected chi connectivity index (χ3v) is 3.77. The molecule has 11 heteroatoms. The van der Waals surface area contributed by atoms with Gasteiger partial charge in [0.15, 0.2) is 0 Å². The Labute approximate surface area is 148 Å². The third-order valence-electron chi connectivity index (χ3n) is 3.77. The minimum atomic E-state index is -4.57. The highest BCUT2D eigenvalue weighted by Crippen LogP contribution is 2.23. The number of nitrogens with zero attached hydrogens (tertiary/aromatic N) is 1. The molecule has 0 spiro atoms. The molecule has 27 heavy (non-hydrogen) atoms. The van der Waals surface area contributed by atoms with Crippen molar-refractivity contribution in [2.24, 2.45) is 0 Å². The molecule has 3 amide bonds. The van der Waals surface area contributed by atoms with Crippen molar-refractivity contribution in [1.29, 1.82) is 0 Å². The highest BCUT2D eigenvalue weighted by Gasteiger charge is 2.32. The van der Waals surface area contributed by atoms with Gasteiger partial charge in [0, 0.05) is 11.6 Å². The number of fused-ring (bicyclic) bond motifs is 1. The summed E-state index contributed by atoms with van der Waals surface area (Å²) >= 11 is 0. The van der Waals surface area contributed by atoms with Gasteiger partial charge >= 0.3 is 6.18 Å². The maximum absolute atomic E-state index is 12.3. The van der Waals surface area contributed by atoms with Crippen LogP contribution in [0, 0.1) is 0 Å². The number of hydrogen-bond donors (Lipinski definition) is 3. The van der Waals surface area contributed by atoms with Gasteiger partial charge in [-0.3, -0.25) is 29.1 Å². The van der Waals surface area contributed by atoms with Crippen LogP contribution >= 0.6 is 0 Å². The normalized spacial score (nSPS) is 13.3. The average Bonchev–Trinajstić information content (AvgIpc) is 2.86. The van der Waals surface area contributed by atoms with Crippen LogP contribution in [0.3, 0.4) is 0 Å². The zero-order valence-electron chi connectivity index (χ0n) is 13.4. The minimum absolute atomic E-state index is 0.0482. The van der Waals surface area contributed by atoms with Gasteiger partial charge in [-0.2, -0.15) is 13.2 Å². The largest absolute Gasteiger partial charge is 0.405 e. The Hall–Kier alpha value is -3.63. The van der Waals surface area contributed by atoms with Crippen molar-refractivity contribution in [2.45, 2.75) is 6.18 Å². The Bertz CT molecular complexity index is 1040. The van der Waals surface area contributed by atoms with E-state index in [0.717, 1.165) is 16.7 Å². The first kappa shape index (κ1) is 18.2. The molecule has 2 heterocycles. The zero-order valence-corrected chi connectivity index (χ0v) is 13.4. The minimum Gasteiger partial charge on any atom is -0.384 e. The topological polar surface area (TPSA) is 123 Å². The van der Waals surface area contributed by atoms with E-state index >= 15 is 0 Å². The summed E-state index contributed by atoms with van der Waals surface area (Å²) in [4.78, 5) is 47.7. The number of anilines is 1. The lowest BCUT2D eigenvalue weighted by Gasteiger charge is -2.13. The van der Waals surface area contributed by atoms with Crippen molar-refractivity contribution in [1.82, 2.24) is 15.2 Å². The van der Waals surface area contributed by atoms with E-state index in [2.05, 4.69) is 0 Å². The highest BCUT2D eigenvalue weighted by atomic mass is 19.4. The molecular weight excluding hydrogens is 369 g/mol. The Kier molecular flexibility index (Phi) is 4.22. The molecule has 1 aliphatic rings. The molecule has 8 nitrogen and oxygen atoms in total. The number of imide groups is 1. The number of pyridine rings is 1. The Morgan fingerprint density at radius 2 is 1.85 bits per heavy atom. The highest BCUT2D eigenvalue weighted by molar-refractivity contribution is 6.23. The number of carbonyl (C=O) groups is 3. The summed E-state index contributed by atoms with van der Waals surface area (Å²) < 4.78 is 37.6. The van der Waals surface area contributed by atoms with Crippen molar-refractivity contribution in [2.75, 3.05) is 12.3 Å². The van der Waals surface area contributed by atoms with E-state index in [1.54, 1.807) is 5.32 Å². The van der Waals surface area contributed by atoms with Crippen LogP contribution in [0.2, 0.25) is 0 Å². The smallest absolute Gasteiger partial charge is 0.384 e. The molecule has 2 aromatic rings. The van der Waals surface area contributed by atoms with Gasteiger partial charge in [0.25, 0.3) is 23.3 Å². The van der Waals surface area contributed by atoms with Gasteiger partial charge in [0.1, 0.15) is 12.4 Å². The van der Waals surface area contributed by atoms with Gasteiger partial charge < -0.3 is 11.1 Å². The fourth-order valence-electron chi connectivity index (χ4n) is 2.61. The van der Waals surface area contributed by atoms with E-state index < -0.39 is 36.0 Å². The summed E-state index contributed by atoms with van der Waals surface area (Å²) in [5.74, 6) is -2.87. The predicted octanol–water partition coefficient (Wildman–Crippen LogP) is 0.595. The number of benzene rings is 1. The summed E-state index contributed by atoms with van der Waals surface area (Å²) in [6.45, 7) is -1.51. The van der Waals surface area contributed by atoms with Crippen molar-refractivity contribution in [3.63, 3.8) is 0 Å². The van der Waals surface area contributed by atoms with Gasteiger partial charge in [-0.25, -0.2) is 0 Å². The number of amides is 3. The quantitative estimate of drug-likeness (QED) is 0.673. The molecule has 0 unspecified atom stereocenters. The number of nitrogen functional groups attached to an aromatic ring is 1. The lowest BCUT2D eigenvalue weighted by molar-refractivity contribution is -0.123. The van der Waals surface area contributed by atoms with Gasteiger partial charge in [-0.1, -0.05) is 6.07 Å². The average molecular weight is 380 g/mol. The molecule has 3 rings (SSSR count). The standard InChI is InChI=1S/C16H11F3N4O4/c17-16(18,19)6-21-13(25)7-2-1-3-8(4-7)23-10(24)5-9-11(12(23)20)15(27)22-14(9)26/h1-5H,6,20H2,(H,21,25)(H,22,26,27). The molecular formula is C16H11F3N4O4. The van der Waals surface area contributed by atoms with Crippen LogP contribution in [0.15, 0.2) is 35.1 Å². The van der Waals surface area contributed by atoms with Crippen LogP contribution in [-0.2, 0) is 0 Å². The van der Waals surface area contributed by atoms with Crippen LogP contribution in [0.4, 0.5) is 19.0 Å². The van der Waals surface area contributed by atoms with Gasteiger partial charge in [-0.05, 0) is 18.2 Å². The van der Waals surface area contributed by atoms with E-state index in [4.69, 9.17) is 5.73 Å². The fourth-order valence-corrected chi connectivity index (χ4v) is 2.61. The van der Waals surface area contributed by atoms with Crippen LogP contribution < -0.4 is 21.9 Å². The lowest BCUT2D eigenvalue weighted by Crippen LogP contribution is -2.33. The predicted molar refractivity (Wildman–Crippen MR) is 86.6 cm³/mol. The molecule has 0 radical (unpaired) electrons. The van der Waals surface area contributed by atoms with E-state index in [1.807, 2.05) is 5.32 Å². The van der Waals surface area contributed by atoms with E-state index in [-0.39, 0.29) is 28.2 Å². The number of aromatic nitrogens is 1. The number of hydrogen-bond acceptors (Lipinski definition) is 5. The molecule has 4 N–H and O–H groups in total. The van der Waals surface area contributed by atoms with E-state index in [1.165, 1.54) is 18.2 Å². The maximum atomic E-state index is 12.3. The molecule has 1 aromatic carbocycles. The maximum Gasteiger partial charge on any atom is 0.405 e. The van der Waals surface area contributed by atoms with Gasteiger partial charge in [-0.15, -0.1) is 0 Å². The molecule has 0 atom stereocenters.